The number of thiazole rings is 1. The number of allylic oxidation sites excluding steroid dienone is 1. The van der Waals surface area contributed by atoms with Gasteiger partial charge >= 0.3 is 11.9 Å². The molecule has 1 N–H and O–H groups in total. The molecule has 43 heavy (non-hydrogen) atoms. The Morgan fingerprint density at radius 2 is 1.77 bits per heavy atom. The van der Waals surface area contributed by atoms with Crippen molar-refractivity contribution in [3.05, 3.63) is 76.9 Å². The van der Waals surface area contributed by atoms with Crippen LogP contribution in [0.3, 0.4) is 0 Å². The van der Waals surface area contributed by atoms with E-state index in [1.807, 2.05) is 0 Å². The highest BCUT2D eigenvalue weighted by Gasteiger charge is 2.34. The Kier molecular flexibility index (Phi) is 10.3. The fourth-order valence-corrected chi connectivity index (χ4v) is 5.95. The Morgan fingerprint density at radius 1 is 1.05 bits per heavy atom. The molecule has 0 fully saturated rings. The first-order valence-electron chi connectivity index (χ1n) is 13.4. The number of hydrogen-bond acceptors (Lipinski definition) is 11. The summed E-state index contributed by atoms with van der Waals surface area (Å²) in [6, 6.07) is 7.21. The predicted molar refractivity (Wildman–Crippen MR) is 162 cm³/mol. The molecule has 3 aromatic rings. The van der Waals surface area contributed by atoms with Crippen LogP contribution in [0.1, 0.15) is 44.9 Å². The Balaban J connectivity index is 1.91. The molecule has 0 aliphatic carbocycles. The van der Waals surface area contributed by atoms with Gasteiger partial charge in [-0.25, -0.2) is 14.6 Å². The van der Waals surface area contributed by atoms with Gasteiger partial charge in [-0.2, -0.15) is 0 Å². The molecule has 1 aliphatic rings. The van der Waals surface area contributed by atoms with Crippen LogP contribution in [0.25, 0.3) is 6.08 Å². The molecule has 0 bridgehead atoms. The van der Waals surface area contributed by atoms with Crippen molar-refractivity contribution in [2.24, 2.45) is 4.99 Å². The van der Waals surface area contributed by atoms with E-state index in [-0.39, 0.29) is 35.8 Å². The number of rotatable bonds is 11. The van der Waals surface area contributed by atoms with Crippen LogP contribution in [0.5, 0.6) is 23.0 Å². The molecule has 2 aromatic carbocycles. The maximum atomic E-state index is 14.0. The zero-order valence-electron chi connectivity index (χ0n) is 24.3. The van der Waals surface area contributed by atoms with Crippen molar-refractivity contribution in [3.8, 4) is 23.0 Å². The van der Waals surface area contributed by atoms with E-state index in [4.69, 9.17) is 18.9 Å². The van der Waals surface area contributed by atoms with E-state index in [2.05, 4.69) is 25.7 Å². The Morgan fingerprint density at radius 3 is 2.44 bits per heavy atom. The number of carbonyl (C=O) groups is 2. The van der Waals surface area contributed by atoms with E-state index >= 15 is 0 Å². The molecule has 1 aliphatic heterocycles. The van der Waals surface area contributed by atoms with E-state index in [1.165, 1.54) is 17.7 Å². The Labute approximate surface area is 259 Å². The first-order chi connectivity index (χ1) is 20.6. The third kappa shape index (κ3) is 6.78. The number of nitrogens with zero attached hydrogens (tertiary/aromatic N) is 2. The van der Waals surface area contributed by atoms with Gasteiger partial charge in [0.05, 0.1) is 48.8 Å². The second kappa shape index (κ2) is 13.9. The second-order valence-corrected chi connectivity index (χ2v) is 10.9. The quantitative estimate of drug-likeness (QED) is 0.303. The van der Waals surface area contributed by atoms with Gasteiger partial charge in [-0.1, -0.05) is 33.3 Å². The lowest BCUT2D eigenvalue weighted by molar-refractivity contribution is -0.143. The SMILES string of the molecule is CCOC(=O)C1=C(C)N=c2s/c(=C\c3cc(OCC)c(O)cc3Br)c(=O)n2[C@@H]1c1ccc(OCC(=O)OC)c(OCC)c1. The maximum absolute atomic E-state index is 14.0. The van der Waals surface area contributed by atoms with Crippen LogP contribution in [0.2, 0.25) is 0 Å². The van der Waals surface area contributed by atoms with Gasteiger partial charge < -0.3 is 28.8 Å². The number of ether oxygens (including phenoxy) is 5. The van der Waals surface area contributed by atoms with Crippen molar-refractivity contribution in [3.63, 3.8) is 0 Å². The molecule has 13 heteroatoms. The summed E-state index contributed by atoms with van der Waals surface area (Å²) >= 11 is 4.61. The van der Waals surface area contributed by atoms with E-state index in [1.54, 1.807) is 58.0 Å². The first-order valence-corrected chi connectivity index (χ1v) is 15.1. The molecule has 0 radical (unpaired) electrons. The van der Waals surface area contributed by atoms with E-state index in [9.17, 15) is 19.5 Å². The molecule has 0 saturated carbocycles. The summed E-state index contributed by atoms with van der Waals surface area (Å²) in [4.78, 5) is 43.9. The molecule has 0 unspecified atom stereocenters. The molecule has 228 valence electrons. The number of phenolic OH excluding ortho intramolecular Hbond substituents is 1. The van der Waals surface area contributed by atoms with E-state index in [0.717, 1.165) is 11.3 Å². The maximum Gasteiger partial charge on any atom is 0.343 e. The minimum absolute atomic E-state index is 0.0360. The number of carbonyl (C=O) groups excluding carboxylic acids is 2. The fraction of sp³-hybridized carbons (Fsp3) is 0.333. The molecule has 0 saturated heterocycles. The number of hydrogen-bond donors (Lipinski definition) is 1. The second-order valence-electron chi connectivity index (χ2n) is 9.08. The van der Waals surface area contributed by atoms with Crippen LogP contribution < -0.4 is 29.1 Å². The van der Waals surface area contributed by atoms with Crippen LogP contribution in [0, 0.1) is 0 Å². The van der Waals surface area contributed by atoms with Crippen molar-refractivity contribution in [1.82, 2.24) is 4.57 Å². The van der Waals surface area contributed by atoms with Gasteiger partial charge in [0.2, 0.25) is 0 Å². The number of esters is 2. The molecule has 0 spiro atoms. The van der Waals surface area contributed by atoms with Crippen LogP contribution in [-0.2, 0) is 19.1 Å². The molecular formula is C30H31BrN2O9S. The van der Waals surface area contributed by atoms with Gasteiger partial charge in [0.25, 0.3) is 5.56 Å². The molecule has 1 atom stereocenters. The molecule has 1 aromatic heterocycles. The molecule has 11 nitrogen and oxygen atoms in total. The lowest BCUT2D eigenvalue weighted by Gasteiger charge is -2.25. The highest BCUT2D eigenvalue weighted by Crippen LogP contribution is 2.37. The number of halogens is 1. The third-order valence-corrected chi connectivity index (χ3v) is 8.01. The van der Waals surface area contributed by atoms with Crippen molar-refractivity contribution in [1.29, 1.82) is 0 Å². The highest BCUT2D eigenvalue weighted by molar-refractivity contribution is 9.10. The summed E-state index contributed by atoms with van der Waals surface area (Å²) in [5.41, 5.74) is 1.38. The van der Waals surface area contributed by atoms with Crippen LogP contribution in [0.4, 0.5) is 0 Å². The highest BCUT2D eigenvalue weighted by atomic mass is 79.9. The van der Waals surface area contributed by atoms with Gasteiger partial charge in [-0.15, -0.1) is 0 Å². The topological polar surface area (TPSA) is 135 Å². The van der Waals surface area contributed by atoms with Crippen LogP contribution >= 0.6 is 27.3 Å². The van der Waals surface area contributed by atoms with Crippen molar-refractivity contribution in [2.75, 3.05) is 33.5 Å². The molecule has 2 heterocycles. The van der Waals surface area contributed by atoms with Gasteiger partial charge in [-0.3, -0.25) is 9.36 Å². The Hall–Kier alpha value is -4.10. The lowest BCUT2D eigenvalue weighted by atomic mass is 9.95. The smallest absolute Gasteiger partial charge is 0.343 e. The van der Waals surface area contributed by atoms with Crippen LogP contribution in [0.15, 0.2) is 55.9 Å². The zero-order chi connectivity index (χ0) is 31.3. The fourth-order valence-electron chi connectivity index (χ4n) is 4.47. The third-order valence-electron chi connectivity index (χ3n) is 6.34. The van der Waals surface area contributed by atoms with Gasteiger partial charge in [0.15, 0.2) is 34.4 Å². The largest absolute Gasteiger partial charge is 0.504 e. The summed E-state index contributed by atoms with van der Waals surface area (Å²) in [7, 11) is 1.26. The van der Waals surface area contributed by atoms with Crippen LogP contribution in [-0.4, -0.2) is 55.1 Å². The zero-order valence-corrected chi connectivity index (χ0v) is 26.7. The lowest BCUT2D eigenvalue weighted by Crippen LogP contribution is -2.40. The Bertz CT molecular complexity index is 1760. The van der Waals surface area contributed by atoms with Gasteiger partial charge in [0, 0.05) is 4.47 Å². The molecule has 4 rings (SSSR count). The van der Waals surface area contributed by atoms with Crippen molar-refractivity contribution in [2.45, 2.75) is 33.7 Å². The minimum Gasteiger partial charge on any atom is -0.504 e. The number of benzene rings is 2. The number of methoxy groups -OCH3 is 1. The molecular weight excluding hydrogens is 644 g/mol. The average Bonchev–Trinajstić information content (AvgIpc) is 3.28. The predicted octanol–water partition coefficient (Wildman–Crippen LogP) is 3.62. The van der Waals surface area contributed by atoms with Gasteiger partial charge in [-0.05, 0) is 69.2 Å². The summed E-state index contributed by atoms with van der Waals surface area (Å²) in [5, 5.41) is 10.2. The van der Waals surface area contributed by atoms with Crippen molar-refractivity contribution < 1.29 is 38.4 Å². The number of aromatic nitrogens is 1. The summed E-state index contributed by atoms with van der Waals surface area (Å²) in [5.74, 6) is -0.304. The van der Waals surface area contributed by atoms with Gasteiger partial charge in [0.1, 0.15) is 0 Å². The monoisotopic (exact) mass is 674 g/mol. The average molecular weight is 676 g/mol. The summed E-state index contributed by atoms with van der Waals surface area (Å²) < 4.78 is 29.3. The summed E-state index contributed by atoms with van der Waals surface area (Å²) in [6.07, 6.45) is 1.67. The normalized spacial score (nSPS) is 14.6. The number of fused-ring (bicyclic) bond motifs is 1. The summed E-state index contributed by atoms with van der Waals surface area (Å²) in [6.45, 7) is 7.45. The van der Waals surface area contributed by atoms with E-state index < -0.39 is 18.0 Å². The standard InChI is InChI=1S/C30H31BrN2O9S/c1-6-39-22-12-18(19(31)14-20(22)34)13-24-28(36)33-27(26(29(37)41-8-3)16(4)32-30(33)43-24)17-9-10-21(23(11-17)40-7-2)42-15-25(35)38-5/h9-14,27,34H,6-8,15H2,1-5H3/b24-13-/t27-/m1/s1. The number of aromatic hydroxyl groups is 1. The first kappa shape index (κ1) is 31.8. The van der Waals surface area contributed by atoms with E-state index in [0.29, 0.717) is 55.3 Å². The van der Waals surface area contributed by atoms with Crippen molar-refractivity contribution >= 4 is 45.3 Å². The molecule has 0 amide bonds. The number of phenols is 1. The minimum atomic E-state index is -0.895.